The van der Waals surface area contributed by atoms with Crippen molar-refractivity contribution in [1.29, 1.82) is 0 Å². The van der Waals surface area contributed by atoms with E-state index in [1.54, 1.807) is 13.2 Å². The molecule has 1 N–H and O–H groups in total. The van der Waals surface area contributed by atoms with Gasteiger partial charge in [0.1, 0.15) is 5.75 Å². The van der Waals surface area contributed by atoms with Gasteiger partial charge in [0.15, 0.2) is 0 Å². The lowest BCUT2D eigenvalue weighted by Crippen LogP contribution is -2.36. The Balaban J connectivity index is 1.40. The molecule has 0 unspecified atom stereocenters. The standard InChI is InChI=1S/C21H21ClN4O4S/c1-28-18-5-3-2-4-15(18)20-24-25-21(30-20)31-13-19(27)23-16-12-14(22)6-7-17(16)26-8-10-29-11-9-26/h2-7,12H,8-11,13H2,1H3,(H,23,27). The second kappa shape index (κ2) is 10.0. The fourth-order valence-electron chi connectivity index (χ4n) is 3.20. The average Bonchev–Trinajstić information content (AvgIpc) is 3.27. The third-order valence-corrected chi connectivity index (χ3v) is 5.71. The van der Waals surface area contributed by atoms with Gasteiger partial charge < -0.3 is 24.1 Å². The van der Waals surface area contributed by atoms with Crippen LogP contribution in [0, 0.1) is 0 Å². The number of amides is 1. The number of carbonyl (C=O) groups excluding carboxylic acids is 1. The van der Waals surface area contributed by atoms with Crippen LogP contribution >= 0.6 is 23.4 Å². The Bertz CT molecular complexity index is 1060. The zero-order valence-electron chi connectivity index (χ0n) is 16.8. The first-order valence-electron chi connectivity index (χ1n) is 9.66. The monoisotopic (exact) mass is 460 g/mol. The zero-order valence-corrected chi connectivity index (χ0v) is 18.4. The molecule has 0 atom stereocenters. The first kappa shape index (κ1) is 21.5. The number of methoxy groups -OCH3 is 1. The summed E-state index contributed by atoms with van der Waals surface area (Å²) in [6.45, 7) is 2.81. The van der Waals surface area contributed by atoms with Gasteiger partial charge in [0.25, 0.3) is 11.1 Å². The summed E-state index contributed by atoms with van der Waals surface area (Å²) in [7, 11) is 1.58. The van der Waals surface area contributed by atoms with Crippen LogP contribution in [-0.2, 0) is 9.53 Å². The van der Waals surface area contributed by atoms with Crippen LogP contribution in [0.15, 0.2) is 52.1 Å². The maximum absolute atomic E-state index is 12.6. The number of para-hydroxylation sites is 1. The number of thioether (sulfide) groups is 1. The maximum atomic E-state index is 12.6. The Kier molecular flexibility index (Phi) is 6.96. The number of nitrogens with one attached hydrogen (secondary N) is 1. The lowest BCUT2D eigenvalue weighted by Gasteiger charge is -2.30. The smallest absolute Gasteiger partial charge is 0.277 e. The third kappa shape index (κ3) is 5.30. The number of rotatable bonds is 7. The van der Waals surface area contributed by atoms with Crippen molar-refractivity contribution in [2.45, 2.75) is 5.22 Å². The number of hydrogen-bond donors (Lipinski definition) is 1. The second-order valence-electron chi connectivity index (χ2n) is 6.67. The molecule has 1 aromatic heterocycles. The van der Waals surface area contributed by atoms with Crippen molar-refractivity contribution < 1.29 is 18.7 Å². The Hall–Kier alpha value is -2.75. The van der Waals surface area contributed by atoms with Crippen molar-refractivity contribution >= 4 is 40.6 Å². The van der Waals surface area contributed by atoms with Crippen LogP contribution in [0.3, 0.4) is 0 Å². The molecule has 0 spiro atoms. The summed E-state index contributed by atoms with van der Waals surface area (Å²) in [6.07, 6.45) is 0. The highest BCUT2D eigenvalue weighted by molar-refractivity contribution is 7.99. The average molecular weight is 461 g/mol. The highest BCUT2D eigenvalue weighted by Crippen LogP contribution is 2.32. The van der Waals surface area contributed by atoms with Crippen molar-refractivity contribution in [3.8, 4) is 17.2 Å². The van der Waals surface area contributed by atoms with Crippen molar-refractivity contribution in [3.63, 3.8) is 0 Å². The maximum Gasteiger partial charge on any atom is 0.277 e. The van der Waals surface area contributed by atoms with Crippen molar-refractivity contribution in [3.05, 3.63) is 47.5 Å². The molecule has 4 rings (SSSR count). The molecule has 10 heteroatoms. The summed E-state index contributed by atoms with van der Waals surface area (Å²) in [6, 6.07) is 12.8. The lowest BCUT2D eigenvalue weighted by molar-refractivity contribution is -0.113. The minimum Gasteiger partial charge on any atom is -0.496 e. The van der Waals surface area contributed by atoms with Gasteiger partial charge in [-0.1, -0.05) is 35.5 Å². The number of carbonyl (C=O) groups is 1. The van der Waals surface area contributed by atoms with E-state index in [9.17, 15) is 4.79 Å². The number of hydrogen-bond acceptors (Lipinski definition) is 8. The number of nitrogens with zero attached hydrogens (tertiary/aromatic N) is 3. The van der Waals surface area contributed by atoms with E-state index in [0.717, 1.165) is 30.5 Å². The molecular weight excluding hydrogens is 440 g/mol. The highest BCUT2D eigenvalue weighted by Gasteiger charge is 2.18. The van der Waals surface area contributed by atoms with Gasteiger partial charge in [0.05, 0.1) is 43.0 Å². The van der Waals surface area contributed by atoms with Gasteiger partial charge in [-0.3, -0.25) is 4.79 Å². The van der Waals surface area contributed by atoms with Gasteiger partial charge in [-0.15, -0.1) is 10.2 Å². The van der Waals surface area contributed by atoms with Gasteiger partial charge in [-0.05, 0) is 30.3 Å². The van der Waals surface area contributed by atoms with Crippen LogP contribution in [0.2, 0.25) is 5.02 Å². The van der Waals surface area contributed by atoms with Gasteiger partial charge in [-0.2, -0.15) is 0 Å². The third-order valence-electron chi connectivity index (χ3n) is 4.66. The molecule has 2 aromatic carbocycles. The van der Waals surface area contributed by atoms with E-state index in [4.69, 9.17) is 25.5 Å². The van der Waals surface area contributed by atoms with E-state index in [2.05, 4.69) is 20.4 Å². The Morgan fingerprint density at radius 1 is 1.23 bits per heavy atom. The number of morpholine rings is 1. The Labute approximate surface area is 188 Å². The SMILES string of the molecule is COc1ccccc1-c1nnc(SCC(=O)Nc2cc(Cl)ccc2N2CCOCC2)o1. The molecule has 2 heterocycles. The second-order valence-corrected chi connectivity index (χ2v) is 8.03. The topological polar surface area (TPSA) is 89.7 Å². The minimum absolute atomic E-state index is 0.114. The Morgan fingerprint density at radius 3 is 2.84 bits per heavy atom. The van der Waals surface area contributed by atoms with Gasteiger partial charge >= 0.3 is 0 Å². The fraction of sp³-hybridized carbons (Fsp3) is 0.286. The van der Waals surface area contributed by atoms with Crippen LogP contribution in [0.5, 0.6) is 5.75 Å². The molecule has 1 amide bonds. The summed E-state index contributed by atoms with van der Waals surface area (Å²) in [5.41, 5.74) is 2.28. The molecule has 8 nitrogen and oxygen atoms in total. The predicted octanol–water partition coefficient (Wildman–Crippen LogP) is 3.97. The van der Waals surface area contributed by atoms with Gasteiger partial charge in [0, 0.05) is 18.1 Å². The normalized spacial score (nSPS) is 13.8. The quantitative estimate of drug-likeness (QED) is 0.530. The molecule has 1 fully saturated rings. The molecule has 1 aliphatic heterocycles. The lowest BCUT2D eigenvalue weighted by atomic mass is 10.2. The first-order valence-corrected chi connectivity index (χ1v) is 11.0. The van der Waals surface area contributed by atoms with Gasteiger partial charge in [-0.25, -0.2) is 0 Å². The Morgan fingerprint density at radius 2 is 2.03 bits per heavy atom. The van der Waals surface area contributed by atoms with E-state index in [1.165, 1.54) is 0 Å². The van der Waals surface area contributed by atoms with Crippen molar-refractivity contribution in [1.82, 2.24) is 10.2 Å². The van der Waals surface area contributed by atoms with E-state index >= 15 is 0 Å². The van der Waals surface area contributed by atoms with Gasteiger partial charge in [0.2, 0.25) is 5.91 Å². The molecule has 0 aliphatic carbocycles. The molecule has 162 valence electrons. The van der Waals surface area contributed by atoms with Crippen LogP contribution in [0.1, 0.15) is 0 Å². The fourth-order valence-corrected chi connectivity index (χ4v) is 3.94. The summed E-state index contributed by atoms with van der Waals surface area (Å²) < 4.78 is 16.4. The number of benzene rings is 2. The molecule has 0 saturated carbocycles. The number of halogens is 1. The van der Waals surface area contributed by atoms with E-state index < -0.39 is 0 Å². The minimum atomic E-state index is -0.196. The summed E-state index contributed by atoms with van der Waals surface area (Å²) in [5.74, 6) is 0.892. The molecule has 0 bridgehead atoms. The number of aromatic nitrogens is 2. The molecular formula is C21H21ClN4O4S. The van der Waals surface area contributed by atoms with E-state index in [1.807, 2.05) is 36.4 Å². The number of anilines is 2. The molecule has 31 heavy (non-hydrogen) atoms. The first-order chi connectivity index (χ1) is 15.1. The molecule has 3 aromatic rings. The summed E-state index contributed by atoms with van der Waals surface area (Å²) in [4.78, 5) is 14.7. The highest BCUT2D eigenvalue weighted by atomic mass is 35.5. The van der Waals surface area contributed by atoms with E-state index in [-0.39, 0.29) is 11.7 Å². The van der Waals surface area contributed by atoms with Crippen LogP contribution in [0.4, 0.5) is 11.4 Å². The van der Waals surface area contributed by atoms with E-state index in [0.29, 0.717) is 46.4 Å². The summed E-state index contributed by atoms with van der Waals surface area (Å²) >= 11 is 7.32. The predicted molar refractivity (Wildman–Crippen MR) is 120 cm³/mol. The van der Waals surface area contributed by atoms with Crippen LogP contribution < -0.4 is 15.0 Å². The molecule has 1 aliphatic rings. The zero-order chi connectivity index (χ0) is 21.6. The van der Waals surface area contributed by atoms with Crippen molar-refractivity contribution in [2.75, 3.05) is 49.4 Å². The van der Waals surface area contributed by atoms with Crippen LogP contribution in [-0.4, -0.2) is 55.3 Å². The largest absolute Gasteiger partial charge is 0.496 e. The van der Waals surface area contributed by atoms with Crippen molar-refractivity contribution in [2.24, 2.45) is 0 Å². The summed E-state index contributed by atoms with van der Waals surface area (Å²) in [5, 5.41) is 11.9. The number of ether oxygens (including phenoxy) is 2. The molecule has 0 radical (unpaired) electrons. The molecule has 1 saturated heterocycles. The van der Waals surface area contributed by atoms with Crippen LogP contribution in [0.25, 0.3) is 11.5 Å².